The third-order valence-electron chi connectivity index (χ3n) is 4.82. The molecule has 162 valence electrons. The topological polar surface area (TPSA) is 54.9 Å². The van der Waals surface area contributed by atoms with Gasteiger partial charge in [0.05, 0.1) is 29.6 Å². The quantitative estimate of drug-likeness (QED) is 0.517. The van der Waals surface area contributed by atoms with Crippen molar-refractivity contribution in [3.63, 3.8) is 0 Å². The minimum Gasteiger partial charge on any atom is -0.507 e. The molecule has 0 aliphatic heterocycles. The third kappa shape index (κ3) is 4.68. The number of hydrogen-bond acceptors (Lipinski definition) is 3. The molecule has 3 rings (SSSR count). The predicted octanol–water partition coefficient (Wildman–Crippen LogP) is 4.59. The number of hydrogen-bond donors (Lipinski definition) is 2. The number of benzene rings is 2. The average molecular weight is 451 g/mol. The summed E-state index contributed by atoms with van der Waals surface area (Å²) in [4.78, 5) is 14.0. The number of nitrogens with one attached hydrogen (secondary N) is 1. The van der Waals surface area contributed by atoms with Gasteiger partial charge in [0.15, 0.2) is 5.58 Å². The number of alkyl halides is 3. The first-order chi connectivity index (χ1) is 14.7. The second kappa shape index (κ2) is 8.99. The first kappa shape index (κ1) is 22.7. The molecule has 3 aromatic rings. The molecule has 0 aliphatic rings. The molecule has 0 saturated heterocycles. The van der Waals surface area contributed by atoms with Crippen molar-refractivity contribution >= 4 is 22.6 Å². The Labute approximate surface area is 181 Å². The molecule has 0 fully saturated rings. The van der Waals surface area contributed by atoms with Crippen LogP contribution in [0.15, 0.2) is 70.9 Å². The van der Waals surface area contributed by atoms with Crippen molar-refractivity contribution in [3.8, 4) is 16.9 Å². The van der Waals surface area contributed by atoms with E-state index in [0.29, 0.717) is 18.1 Å². The van der Waals surface area contributed by atoms with E-state index in [0.717, 1.165) is 4.90 Å². The SMILES string of the molecule is C=CC[NH+](CC=C)Cc1c(O)ccc2c(=O)c(-c3ccc(Cl)cc3)c(C(F)(F)F)oc12. The van der Waals surface area contributed by atoms with Gasteiger partial charge in [-0.05, 0) is 42.0 Å². The van der Waals surface area contributed by atoms with Crippen molar-refractivity contribution in [2.75, 3.05) is 13.1 Å². The number of rotatable bonds is 7. The van der Waals surface area contributed by atoms with E-state index in [2.05, 4.69) is 13.2 Å². The molecule has 2 N–H and O–H groups in total. The van der Waals surface area contributed by atoms with Gasteiger partial charge >= 0.3 is 6.18 Å². The molecule has 1 aromatic heterocycles. The van der Waals surface area contributed by atoms with Crippen molar-refractivity contribution in [3.05, 3.63) is 88.3 Å². The van der Waals surface area contributed by atoms with Crippen LogP contribution in [-0.2, 0) is 12.7 Å². The maximum absolute atomic E-state index is 13.9. The standard InChI is InChI=1S/C23H19ClF3NO3/c1-3-11-28(12-4-2)13-17-18(29)10-9-16-20(30)19(14-5-7-15(24)8-6-14)22(23(25,26)27)31-21(16)17/h3-10,29H,1-2,11-13H2/p+1. The maximum Gasteiger partial charge on any atom is 0.450 e. The van der Waals surface area contributed by atoms with Crippen LogP contribution in [0.5, 0.6) is 5.75 Å². The normalized spacial score (nSPS) is 11.8. The molecule has 0 spiro atoms. The van der Waals surface area contributed by atoms with Gasteiger partial charge in [-0.15, -0.1) is 0 Å². The first-order valence-corrected chi connectivity index (χ1v) is 9.75. The number of fused-ring (bicyclic) bond motifs is 1. The Kier molecular flexibility index (Phi) is 6.57. The molecule has 0 saturated carbocycles. The molecule has 0 radical (unpaired) electrons. The van der Waals surface area contributed by atoms with Gasteiger partial charge in [0, 0.05) is 5.02 Å². The van der Waals surface area contributed by atoms with Crippen molar-refractivity contribution in [1.82, 2.24) is 0 Å². The molecular weight excluding hydrogens is 431 g/mol. The lowest BCUT2D eigenvalue weighted by Crippen LogP contribution is -3.10. The summed E-state index contributed by atoms with van der Waals surface area (Å²) in [6.45, 7) is 8.40. The summed E-state index contributed by atoms with van der Waals surface area (Å²) in [6.07, 6.45) is -1.63. The van der Waals surface area contributed by atoms with E-state index in [1.807, 2.05) is 0 Å². The van der Waals surface area contributed by atoms with Crippen molar-refractivity contribution in [1.29, 1.82) is 0 Å². The van der Waals surface area contributed by atoms with Crippen molar-refractivity contribution in [2.24, 2.45) is 0 Å². The number of halogens is 4. The molecule has 2 aromatic carbocycles. The minimum atomic E-state index is -4.93. The van der Waals surface area contributed by atoms with Gasteiger partial charge < -0.3 is 14.4 Å². The summed E-state index contributed by atoms with van der Waals surface area (Å²) in [6, 6.07) is 8.00. The summed E-state index contributed by atoms with van der Waals surface area (Å²) in [5, 5.41) is 10.6. The zero-order valence-electron chi connectivity index (χ0n) is 16.4. The number of phenols is 1. The fraction of sp³-hybridized carbons (Fsp3) is 0.174. The second-order valence-corrected chi connectivity index (χ2v) is 7.43. The Balaban J connectivity index is 2.32. The number of quaternary nitrogens is 1. The highest BCUT2D eigenvalue weighted by Gasteiger charge is 2.40. The van der Waals surface area contributed by atoms with E-state index >= 15 is 0 Å². The molecule has 4 nitrogen and oxygen atoms in total. The number of aromatic hydroxyl groups is 1. The highest BCUT2D eigenvalue weighted by atomic mass is 35.5. The van der Waals surface area contributed by atoms with Crippen LogP contribution in [0.2, 0.25) is 5.02 Å². The van der Waals surface area contributed by atoms with E-state index in [-0.39, 0.29) is 34.4 Å². The monoisotopic (exact) mass is 450 g/mol. The van der Waals surface area contributed by atoms with Gasteiger partial charge in [0.2, 0.25) is 11.2 Å². The first-order valence-electron chi connectivity index (χ1n) is 9.37. The van der Waals surface area contributed by atoms with E-state index in [1.165, 1.54) is 36.4 Å². The van der Waals surface area contributed by atoms with Crippen molar-refractivity contribution in [2.45, 2.75) is 12.7 Å². The van der Waals surface area contributed by atoms with Gasteiger partial charge in [0.25, 0.3) is 0 Å². The van der Waals surface area contributed by atoms with Gasteiger partial charge in [-0.3, -0.25) is 4.79 Å². The molecule has 8 heteroatoms. The molecule has 1 heterocycles. The largest absolute Gasteiger partial charge is 0.507 e. The van der Waals surface area contributed by atoms with Crippen LogP contribution in [0.3, 0.4) is 0 Å². The van der Waals surface area contributed by atoms with Crippen LogP contribution in [0.1, 0.15) is 11.3 Å². The third-order valence-corrected chi connectivity index (χ3v) is 5.07. The van der Waals surface area contributed by atoms with E-state index < -0.39 is 22.9 Å². The fourth-order valence-corrected chi connectivity index (χ4v) is 3.56. The van der Waals surface area contributed by atoms with E-state index in [4.69, 9.17) is 16.0 Å². The lowest BCUT2D eigenvalue weighted by Gasteiger charge is -2.19. The van der Waals surface area contributed by atoms with E-state index in [1.54, 1.807) is 12.2 Å². The number of phenolic OH excluding ortho intramolecular Hbond substituents is 1. The molecule has 0 aliphatic carbocycles. The lowest BCUT2D eigenvalue weighted by molar-refractivity contribution is -0.902. The van der Waals surface area contributed by atoms with E-state index in [9.17, 15) is 23.1 Å². The summed E-state index contributed by atoms with van der Waals surface area (Å²) in [5.74, 6) is -1.68. The smallest absolute Gasteiger partial charge is 0.450 e. The highest BCUT2D eigenvalue weighted by Crippen LogP contribution is 2.39. The molecule has 31 heavy (non-hydrogen) atoms. The lowest BCUT2D eigenvalue weighted by atomic mass is 10.00. The van der Waals surface area contributed by atoms with Gasteiger partial charge in [-0.2, -0.15) is 13.2 Å². The van der Waals surface area contributed by atoms with Crippen LogP contribution in [0.4, 0.5) is 13.2 Å². The minimum absolute atomic E-state index is 0.0348. The van der Waals surface area contributed by atoms with Crippen LogP contribution >= 0.6 is 11.6 Å². The molecule has 0 atom stereocenters. The Morgan fingerprint density at radius 3 is 2.23 bits per heavy atom. The highest BCUT2D eigenvalue weighted by molar-refractivity contribution is 6.30. The van der Waals surface area contributed by atoms with Gasteiger partial charge in [-0.25, -0.2) is 0 Å². The van der Waals surface area contributed by atoms with Crippen LogP contribution in [0, 0.1) is 0 Å². The zero-order chi connectivity index (χ0) is 22.8. The molecular formula is C23H20ClF3NO3+. The Morgan fingerprint density at radius 1 is 1.06 bits per heavy atom. The second-order valence-electron chi connectivity index (χ2n) is 6.99. The summed E-state index contributed by atoms with van der Waals surface area (Å²) >= 11 is 5.83. The Hall–Kier alpha value is -3.03. The van der Waals surface area contributed by atoms with Crippen LogP contribution < -0.4 is 10.3 Å². The molecule has 0 amide bonds. The summed E-state index contributed by atoms with van der Waals surface area (Å²) < 4.78 is 47.0. The van der Waals surface area contributed by atoms with Crippen LogP contribution in [0.25, 0.3) is 22.1 Å². The maximum atomic E-state index is 13.9. The summed E-state index contributed by atoms with van der Waals surface area (Å²) in [7, 11) is 0. The fourth-order valence-electron chi connectivity index (χ4n) is 3.44. The van der Waals surface area contributed by atoms with Gasteiger partial charge in [0.1, 0.15) is 12.3 Å². The van der Waals surface area contributed by atoms with Crippen molar-refractivity contribution < 1.29 is 27.6 Å². The molecule has 0 unspecified atom stereocenters. The predicted molar refractivity (Wildman–Crippen MR) is 114 cm³/mol. The Morgan fingerprint density at radius 2 is 1.68 bits per heavy atom. The zero-order valence-corrected chi connectivity index (χ0v) is 17.2. The molecule has 0 bridgehead atoms. The average Bonchev–Trinajstić information content (AvgIpc) is 2.70. The summed E-state index contributed by atoms with van der Waals surface area (Å²) in [5.41, 5.74) is -1.59. The van der Waals surface area contributed by atoms with Gasteiger partial charge in [-0.1, -0.05) is 36.9 Å². The van der Waals surface area contributed by atoms with Crippen LogP contribution in [-0.4, -0.2) is 18.2 Å². The Bertz CT molecular complexity index is 1170.